The molecule has 1 rings (SSSR count). The molecule has 1 aromatic carbocycles. The van der Waals surface area contributed by atoms with E-state index in [0.717, 1.165) is 63.1 Å². The van der Waals surface area contributed by atoms with E-state index in [9.17, 15) is 0 Å². The molecule has 0 aliphatic rings. The van der Waals surface area contributed by atoms with Crippen molar-refractivity contribution >= 4 is 17.6 Å². The molecular weight excluding hydrogens is 298 g/mol. The summed E-state index contributed by atoms with van der Waals surface area (Å²) in [7, 11) is 0. The minimum atomic E-state index is 0.785. The maximum absolute atomic E-state index is 5.99. The molecule has 0 atom stereocenters. The van der Waals surface area contributed by atoms with Crippen molar-refractivity contribution in [3.8, 4) is 0 Å². The Hall–Kier alpha value is -1.26. The molecule has 0 aromatic heterocycles. The summed E-state index contributed by atoms with van der Waals surface area (Å²) < 4.78 is 5.32. The second-order valence-corrected chi connectivity index (χ2v) is 5.41. The van der Waals surface area contributed by atoms with Crippen molar-refractivity contribution in [2.75, 3.05) is 32.8 Å². The summed E-state index contributed by atoms with van der Waals surface area (Å²) in [4.78, 5) is 4.57. The Morgan fingerprint density at radius 2 is 2.09 bits per heavy atom. The first-order valence-corrected chi connectivity index (χ1v) is 8.48. The standard InChI is InChI=1S/C17H28ClN3O/c1-3-19-17(20-11-5-6-13-22-4-2)21-12-10-15-8-7-9-16(18)14-15/h7-9,14H,3-6,10-13H2,1-2H3,(H2,19,20,21). The van der Waals surface area contributed by atoms with Gasteiger partial charge in [-0.15, -0.1) is 0 Å². The van der Waals surface area contributed by atoms with Crippen molar-refractivity contribution in [3.05, 3.63) is 34.9 Å². The summed E-state index contributed by atoms with van der Waals surface area (Å²) in [5, 5.41) is 7.40. The molecule has 0 fully saturated rings. The number of guanidine groups is 1. The van der Waals surface area contributed by atoms with Crippen LogP contribution in [0, 0.1) is 0 Å². The lowest BCUT2D eigenvalue weighted by atomic mass is 10.1. The summed E-state index contributed by atoms with van der Waals surface area (Å²) in [6, 6.07) is 7.97. The van der Waals surface area contributed by atoms with Crippen molar-refractivity contribution < 1.29 is 4.74 Å². The minimum Gasteiger partial charge on any atom is -0.382 e. The maximum atomic E-state index is 5.99. The van der Waals surface area contributed by atoms with Crippen LogP contribution >= 0.6 is 11.6 Å². The molecule has 0 spiro atoms. The monoisotopic (exact) mass is 325 g/mol. The van der Waals surface area contributed by atoms with Crippen LogP contribution in [0.3, 0.4) is 0 Å². The van der Waals surface area contributed by atoms with Gasteiger partial charge in [0.1, 0.15) is 0 Å². The number of nitrogens with one attached hydrogen (secondary N) is 2. The molecule has 1 aromatic rings. The van der Waals surface area contributed by atoms with Crippen LogP contribution in [0.25, 0.3) is 0 Å². The van der Waals surface area contributed by atoms with Crippen molar-refractivity contribution in [2.24, 2.45) is 4.99 Å². The average Bonchev–Trinajstić information content (AvgIpc) is 2.51. The highest BCUT2D eigenvalue weighted by Gasteiger charge is 1.98. The van der Waals surface area contributed by atoms with E-state index in [4.69, 9.17) is 16.3 Å². The lowest BCUT2D eigenvalue weighted by Crippen LogP contribution is -2.38. The number of hydrogen-bond donors (Lipinski definition) is 2. The molecule has 4 nitrogen and oxygen atoms in total. The van der Waals surface area contributed by atoms with Crippen molar-refractivity contribution in [1.29, 1.82) is 0 Å². The summed E-state index contributed by atoms with van der Waals surface area (Å²) in [5.74, 6) is 0.876. The van der Waals surface area contributed by atoms with Crippen LogP contribution in [-0.4, -0.2) is 38.8 Å². The number of halogens is 1. The molecular formula is C17H28ClN3O. The van der Waals surface area contributed by atoms with Crippen molar-refractivity contribution in [1.82, 2.24) is 10.6 Å². The normalized spacial score (nSPS) is 11.5. The predicted molar refractivity (Wildman–Crippen MR) is 94.9 cm³/mol. The topological polar surface area (TPSA) is 45.7 Å². The fourth-order valence-corrected chi connectivity index (χ4v) is 2.22. The van der Waals surface area contributed by atoms with Crippen LogP contribution in [-0.2, 0) is 11.2 Å². The molecule has 0 aliphatic heterocycles. The summed E-state index contributed by atoms with van der Waals surface area (Å²) in [6.45, 7) is 8.23. The summed E-state index contributed by atoms with van der Waals surface area (Å²) in [5.41, 5.74) is 1.23. The Labute approximate surface area is 139 Å². The van der Waals surface area contributed by atoms with E-state index in [2.05, 4.69) is 28.6 Å². The van der Waals surface area contributed by atoms with E-state index in [1.807, 2.05) is 25.1 Å². The second kappa shape index (κ2) is 12.3. The first-order chi connectivity index (χ1) is 10.8. The molecule has 0 bridgehead atoms. The highest BCUT2D eigenvalue weighted by Crippen LogP contribution is 2.10. The minimum absolute atomic E-state index is 0.785. The van der Waals surface area contributed by atoms with E-state index in [1.54, 1.807) is 0 Å². The van der Waals surface area contributed by atoms with Gasteiger partial charge in [0.15, 0.2) is 5.96 Å². The van der Waals surface area contributed by atoms with Crippen molar-refractivity contribution in [2.45, 2.75) is 33.1 Å². The SMILES string of the molecule is CCNC(=NCCCCOCC)NCCc1cccc(Cl)c1. The fourth-order valence-electron chi connectivity index (χ4n) is 2.01. The zero-order valence-corrected chi connectivity index (χ0v) is 14.5. The Balaban J connectivity index is 2.27. The largest absolute Gasteiger partial charge is 0.382 e. The van der Waals surface area contributed by atoms with Crippen LogP contribution in [0.1, 0.15) is 32.3 Å². The molecule has 0 unspecified atom stereocenters. The highest BCUT2D eigenvalue weighted by molar-refractivity contribution is 6.30. The second-order valence-electron chi connectivity index (χ2n) is 4.97. The van der Waals surface area contributed by atoms with E-state index >= 15 is 0 Å². The molecule has 0 aliphatic carbocycles. The van der Waals surface area contributed by atoms with Crippen molar-refractivity contribution in [3.63, 3.8) is 0 Å². The zero-order chi connectivity index (χ0) is 16.0. The zero-order valence-electron chi connectivity index (χ0n) is 13.7. The number of hydrogen-bond acceptors (Lipinski definition) is 2. The molecule has 5 heteroatoms. The number of benzene rings is 1. The molecule has 124 valence electrons. The predicted octanol–water partition coefficient (Wildman–Crippen LogP) is 3.25. The first-order valence-electron chi connectivity index (χ1n) is 8.10. The molecule has 0 saturated carbocycles. The summed E-state index contributed by atoms with van der Waals surface area (Å²) >= 11 is 5.99. The van der Waals surface area contributed by atoms with Gasteiger partial charge in [-0.1, -0.05) is 23.7 Å². The maximum Gasteiger partial charge on any atom is 0.191 e. The number of nitrogens with zero attached hydrogens (tertiary/aromatic N) is 1. The van der Waals surface area contributed by atoms with Crippen LogP contribution in [0.15, 0.2) is 29.3 Å². The molecule has 2 N–H and O–H groups in total. The quantitative estimate of drug-likeness (QED) is 0.394. The van der Waals surface area contributed by atoms with Gasteiger partial charge in [0.25, 0.3) is 0 Å². The number of rotatable bonds is 10. The third-order valence-electron chi connectivity index (χ3n) is 3.11. The number of unbranched alkanes of at least 4 members (excludes halogenated alkanes) is 1. The Kier molecular flexibility index (Phi) is 10.5. The van der Waals surface area contributed by atoms with Crippen LogP contribution in [0.4, 0.5) is 0 Å². The Morgan fingerprint density at radius 3 is 2.82 bits per heavy atom. The molecule has 0 amide bonds. The van der Waals surface area contributed by atoms with Gasteiger partial charge < -0.3 is 15.4 Å². The molecule has 0 radical (unpaired) electrons. The number of aliphatic imine (C=N–C) groups is 1. The molecule has 22 heavy (non-hydrogen) atoms. The highest BCUT2D eigenvalue weighted by atomic mass is 35.5. The van der Waals surface area contributed by atoms with Gasteiger partial charge in [-0.05, 0) is 50.8 Å². The first kappa shape index (κ1) is 18.8. The van der Waals surface area contributed by atoms with Gasteiger partial charge >= 0.3 is 0 Å². The Bertz CT molecular complexity index is 438. The summed E-state index contributed by atoms with van der Waals surface area (Å²) in [6.07, 6.45) is 3.03. The van der Waals surface area contributed by atoms with Gasteiger partial charge in [-0.3, -0.25) is 4.99 Å². The van der Waals surface area contributed by atoms with Gasteiger partial charge in [0.2, 0.25) is 0 Å². The third kappa shape index (κ3) is 8.90. The lowest BCUT2D eigenvalue weighted by molar-refractivity contribution is 0.144. The van der Waals surface area contributed by atoms with E-state index in [0.29, 0.717) is 0 Å². The van der Waals surface area contributed by atoms with Gasteiger partial charge in [-0.25, -0.2) is 0 Å². The van der Waals surface area contributed by atoms with E-state index in [1.165, 1.54) is 5.56 Å². The van der Waals surface area contributed by atoms with Gasteiger partial charge in [0.05, 0.1) is 0 Å². The van der Waals surface area contributed by atoms with Crippen LogP contribution in [0.2, 0.25) is 5.02 Å². The van der Waals surface area contributed by atoms with Gasteiger partial charge in [-0.2, -0.15) is 0 Å². The van der Waals surface area contributed by atoms with Crippen LogP contribution < -0.4 is 10.6 Å². The molecule has 0 heterocycles. The average molecular weight is 326 g/mol. The smallest absolute Gasteiger partial charge is 0.191 e. The van der Waals surface area contributed by atoms with E-state index in [-0.39, 0.29) is 0 Å². The fraction of sp³-hybridized carbons (Fsp3) is 0.588. The third-order valence-corrected chi connectivity index (χ3v) is 3.35. The number of ether oxygens (including phenoxy) is 1. The van der Waals surface area contributed by atoms with Gasteiger partial charge in [0, 0.05) is 37.9 Å². The van der Waals surface area contributed by atoms with E-state index < -0.39 is 0 Å². The lowest BCUT2D eigenvalue weighted by Gasteiger charge is -2.11. The molecule has 0 saturated heterocycles. The van der Waals surface area contributed by atoms with Crippen LogP contribution in [0.5, 0.6) is 0 Å². The Morgan fingerprint density at radius 1 is 1.23 bits per heavy atom.